The van der Waals surface area contributed by atoms with Crippen LogP contribution >= 0.6 is 0 Å². The number of hydrogen-bond donors (Lipinski definition) is 1. The summed E-state index contributed by atoms with van der Waals surface area (Å²) in [6, 6.07) is 17.8. The maximum atomic E-state index is 12.2. The van der Waals surface area contributed by atoms with Crippen molar-refractivity contribution in [2.24, 2.45) is 0 Å². The Hall–Kier alpha value is -2.18. The molecule has 2 aromatic carbocycles. The van der Waals surface area contributed by atoms with Crippen LogP contribution in [-0.2, 0) is 27.8 Å². The molecule has 0 aliphatic heterocycles. The van der Waals surface area contributed by atoms with Gasteiger partial charge < -0.3 is 5.32 Å². The molecule has 0 atom stereocenters. The minimum absolute atomic E-state index is 0.170. The van der Waals surface area contributed by atoms with Crippen molar-refractivity contribution < 1.29 is 13.2 Å². The highest BCUT2D eigenvalue weighted by atomic mass is 32.2. The minimum atomic E-state index is -3.47. The third-order valence-electron chi connectivity index (χ3n) is 4.60. The summed E-state index contributed by atoms with van der Waals surface area (Å²) in [6.07, 6.45) is 2.81. The van der Waals surface area contributed by atoms with Gasteiger partial charge in [-0.3, -0.25) is 4.79 Å². The van der Waals surface area contributed by atoms with E-state index in [1.807, 2.05) is 30.3 Å². The molecule has 6 heteroatoms. The van der Waals surface area contributed by atoms with Crippen molar-refractivity contribution in [2.75, 3.05) is 19.3 Å². The number of carbonyl (C=O) groups is 1. The number of hydrogen-bond acceptors (Lipinski definition) is 3. The van der Waals surface area contributed by atoms with Gasteiger partial charge in [0, 0.05) is 13.1 Å². The van der Waals surface area contributed by atoms with E-state index in [9.17, 15) is 13.2 Å². The number of benzene rings is 2. The van der Waals surface area contributed by atoms with Crippen molar-refractivity contribution >= 4 is 15.9 Å². The summed E-state index contributed by atoms with van der Waals surface area (Å²) < 4.78 is 25.2. The summed E-state index contributed by atoms with van der Waals surface area (Å²) in [5.74, 6) is 0.235. The van der Waals surface area contributed by atoms with Crippen LogP contribution in [0.5, 0.6) is 0 Å². The van der Waals surface area contributed by atoms with Gasteiger partial charge in [-0.2, -0.15) is 4.31 Å². The Morgan fingerprint density at radius 1 is 1.00 bits per heavy atom. The molecule has 0 spiro atoms. The molecule has 0 saturated carbocycles. The fourth-order valence-corrected chi connectivity index (χ4v) is 3.62. The van der Waals surface area contributed by atoms with Gasteiger partial charge in [-0.25, -0.2) is 8.42 Å². The fraction of sp³-hybridized carbons (Fsp3) is 0.409. The van der Waals surface area contributed by atoms with E-state index in [1.54, 1.807) is 0 Å². The first-order valence-corrected chi connectivity index (χ1v) is 11.4. The van der Waals surface area contributed by atoms with E-state index in [-0.39, 0.29) is 19.0 Å². The first kappa shape index (κ1) is 22.1. The maximum Gasteiger partial charge on any atom is 0.235 e. The van der Waals surface area contributed by atoms with Crippen LogP contribution in [0.15, 0.2) is 54.6 Å². The van der Waals surface area contributed by atoms with Gasteiger partial charge in [0.05, 0.1) is 12.8 Å². The lowest BCUT2D eigenvalue weighted by molar-refractivity contribution is -0.121. The number of nitrogens with zero attached hydrogens (tertiary/aromatic N) is 1. The maximum absolute atomic E-state index is 12.2. The van der Waals surface area contributed by atoms with Crippen molar-refractivity contribution in [2.45, 2.75) is 39.2 Å². The number of sulfonamides is 1. The van der Waals surface area contributed by atoms with Crippen LogP contribution in [0.25, 0.3) is 0 Å². The van der Waals surface area contributed by atoms with Crippen molar-refractivity contribution in [1.82, 2.24) is 9.62 Å². The molecule has 0 fully saturated rings. The average Bonchev–Trinajstić information content (AvgIpc) is 2.65. The van der Waals surface area contributed by atoms with Crippen molar-refractivity contribution in [3.63, 3.8) is 0 Å². The lowest BCUT2D eigenvalue weighted by Crippen LogP contribution is -2.40. The predicted molar refractivity (Wildman–Crippen MR) is 114 cm³/mol. The molecule has 2 rings (SSSR count). The summed E-state index contributed by atoms with van der Waals surface area (Å²) in [4.78, 5) is 12.2. The highest BCUT2D eigenvalue weighted by Crippen LogP contribution is 2.15. The monoisotopic (exact) mass is 402 g/mol. The predicted octanol–water partition coefficient (Wildman–Crippen LogP) is 3.32. The van der Waals surface area contributed by atoms with E-state index in [4.69, 9.17) is 0 Å². The quantitative estimate of drug-likeness (QED) is 0.620. The van der Waals surface area contributed by atoms with E-state index in [0.29, 0.717) is 12.5 Å². The summed E-state index contributed by atoms with van der Waals surface area (Å²) >= 11 is 0. The molecule has 0 aliphatic carbocycles. The summed E-state index contributed by atoms with van der Waals surface area (Å²) in [6.45, 7) is 4.88. The second-order valence-corrected chi connectivity index (χ2v) is 9.35. The largest absolute Gasteiger partial charge is 0.355 e. The topological polar surface area (TPSA) is 66.5 Å². The Kier molecular flexibility index (Phi) is 8.20. The molecule has 28 heavy (non-hydrogen) atoms. The van der Waals surface area contributed by atoms with Gasteiger partial charge in [-0.15, -0.1) is 0 Å². The first-order chi connectivity index (χ1) is 13.3. The smallest absolute Gasteiger partial charge is 0.235 e. The van der Waals surface area contributed by atoms with Gasteiger partial charge in [0.25, 0.3) is 0 Å². The first-order valence-electron chi connectivity index (χ1n) is 9.60. The van der Waals surface area contributed by atoms with Crippen LogP contribution in [0, 0.1) is 0 Å². The van der Waals surface area contributed by atoms with E-state index in [2.05, 4.69) is 43.4 Å². The molecule has 2 aromatic rings. The van der Waals surface area contributed by atoms with Gasteiger partial charge in [0.15, 0.2) is 0 Å². The van der Waals surface area contributed by atoms with Crippen molar-refractivity contribution in [3.8, 4) is 0 Å². The van der Waals surface area contributed by atoms with Gasteiger partial charge >= 0.3 is 0 Å². The summed E-state index contributed by atoms with van der Waals surface area (Å²) in [5, 5.41) is 2.83. The normalized spacial score (nSPS) is 11.8. The van der Waals surface area contributed by atoms with Crippen LogP contribution < -0.4 is 5.32 Å². The highest BCUT2D eigenvalue weighted by molar-refractivity contribution is 7.88. The van der Waals surface area contributed by atoms with E-state index >= 15 is 0 Å². The van der Waals surface area contributed by atoms with Crippen LogP contribution in [0.3, 0.4) is 0 Å². The van der Waals surface area contributed by atoms with E-state index in [0.717, 1.165) is 24.7 Å². The average molecular weight is 403 g/mol. The Morgan fingerprint density at radius 2 is 1.64 bits per heavy atom. The number of carbonyl (C=O) groups excluding carboxylic acids is 1. The molecule has 0 radical (unpaired) electrons. The standard InChI is InChI=1S/C22H30N2O3S/c1-18(2)21-13-11-19(12-14-21)10-7-15-23-22(25)17-24(28(3,26)27)16-20-8-5-4-6-9-20/h4-6,8-9,11-14,18H,7,10,15-17H2,1-3H3,(H,23,25). The molecule has 0 unspecified atom stereocenters. The number of nitrogens with one attached hydrogen (secondary N) is 1. The number of aryl methyl sites for hydroxylation is 1. The van der Waals surface area contributed by atoms with Crippen molar-refractivity contribution in [1.29, 1.82) is 0 Å². The third-order valence-corrected chi connectivity index (χ3v) is 5.80. The lowest BCUT2D eigenvalue weighted by atomic mass is 10.0. The molecule has 0 aromatic heterocycles. The molecule has 152 valence electrons. The Morgan fingerprint density at radius 3 is 2.21 bits per heavy atom. The van der Waals surface area contributed by atoms with Gasteiger partial charge in [-0.05, 0) is 35.4 Å². The Balaban J connectivity index is 1.79. The van der Waals surface area contributed by atoms with Crippen LogP contribution in [0.1, 0.15) is 42.9 Å². The Bertz CT molecular complexity index is 847. The molecule has 0 aliphatic rings. The highest BCUT2D eigenvalue weighted by Gasteiger charge is 2.20. The zero-order valence-corrected chi connectivity index (χ0v) is 17.7. The fourth-order valence-electron chi connectivity index (χ4n) is 2.88. The van der Waals surface area contributed by atoms with Gasteiger partial charge in [-0.1, -0.05) is 68.4 Å². The minimum Gasteiger partial charge on any atom is -0.355 e. The molecular weight excluding hydrogens is 372 g/mol. The lowest BCUT2D eigenvalue weighted by Gasteiger charge is -2.19. The zero-order valence-electron chi connectivity index (χ0n) is 16.9. The molecule has 0 heterocycles. The summed E-state index contributed by atoms with van der Waals surface area (Å²) in [7, 11) is -3.47. The molecule has 1 N–H and O–H groups in total. The van der Waals surface area contributed by atoms with Crippen molar-refractivity contribution in [3.05, 3.63) is 71.3 Å². The number of rotatable bonds is 10. The molecule has 1 amide bonds. The zero-order chi connectivity index (χ0) is 20.6. The van der Waals surface area contributed by atoms with E-state index in [1.165, 1.54) is 15.4 Å². The second kappa shape index (κ2) is 10.4. The van der Waals surface area contributed by atoms with Crippen LogP contribution in [0.2, 0.25) is 0 Å². The third kappa shape index (κ3) is 7.44. The number of amides is 1. The summed E-state index contributed by atoms with van der Waals surface area (Å²) in [5.41, 5.74) is 3.40. The van der Waals surface area contributed by atoms with E-state index < -0.39 is 10.0 Å². The van der Waals surface area contributed by atoms with Crippen LogP contribution in [0.4, 0.5) is 0 Å². The Labute approximate surface area is 168 Å². The SMILES string of the molecule is CC(C)c1ccc(CCCNC(=O)CN(Cc2ccccc2)S(C)(=O)=O)cc1. The molecule has 0 bridgehead atoms. The molecule has 5 nitrogen and oxygen atoms in total. The second-order valence-electron chi connectivity index (χ2n) is 7.37. The van der Waals surface area contributed by atoms with Crippen LogP contribution in [-0.4, -0.2) is 38.0 Å². The van der Waals surface area contributed by atoms with Gasteiger partial charge in [0.1, 0.15) is 0 Å². The van der Waals surface area contributed by atoms with Gasteiger partial charge in [0.2, 0.25) is 15.9 Å². The molecular formula is C22H30N2O3S. The molecule has 0 saturated heterocycles.